The highest BCUT2D eigenvalue weighted by atomic mass is 32.1. The number of hydrogen-bond donors (Lipinski definition) is 3. The first kappa shape index (κ1) is 19.7. The van der Waals surface area contributed by atoms with Gasteiger partial charge in [0.1, 0.15) is 5.82 Å². The summed E-state index contributed by atoms with van der Waals surface area (Å²) in [6.07, 6.45) is 3.47. The largest absolute Gasteiger partial charge is 0.398 e. The predicted octanol–water partition coefficient (Wildman–Crippen LogP) is 3.27. The molecule has 0 aliphatic carbocycles. The van der Waals surface area contributed by atoms with Crippen LogP contribution in [0.2, 0.25) is 0 Å². The normalized spacial score (nSPS) is 15.0. The Morgan fingerprint density at radius 2 is 1.77 bits per heavy atom. The Kier molecular flexibility index (Phi) is 4.95. The van der Waals surface area contributed by atoms with Crippen molar-refractivity contribution in [2.75, 3.05) is 49.6 Å². The van der Waals surface area contributed by atoms with Crippen LogP contribution in [0.4, 0.5) is 17.2 Å². The number of rotatable bonds is 3. The van der Waals surface area contributed by atoms with Crippen molar-refractivity contribution in [3.8, 4) is 22.3 Å². The first-order valence-corrected chi connectivity index (χ1v) is 10.7. The summed E-state index contributed by atoms with van der Waals surface area (Å²) in [5, 5.41) is 4.44. The molecule has 0 radical (unpaired) electrons. The van der Waals surface area contributed by atoms with E-state index in [9.17, 15) is 0 Å². The van der Waals surface area contributed by atoms with Crippen LogP contribution in [-0.4, -0.2) is 52.7 Å². The number of nitrogens with zero attached hydrogens (tertiary/aromatic N) is 5. The summed E-state index contributed by atoms with van der Waals surface area (Å²) in [4.78, 5) is 10.1. The van der Waals surface area contributed by atoms with Crippen molar-refractivity contribution in [2.45, 2.75) is 4.90 Å². The number of fused-ring (bicyclic) bond motifs is 1. The number of nitrogen functional groups attached to an aromatic ring is 2. The second-order valence-corrected chi connectivity index (χ2v) is 8.41. The van der Waals surface area contributed by atoms with Gasteiger partial charge in [-0.2, -0.15) is 9.61 Å². The Labute approximate surface area is 186 Å². The highest BCUT2D eigenvalue weighted by Gasteiger charge is 2.20. The predicted molar refractivity (Wildman–Crippen MR) is 130 cm³/mol. The fourth-order valence-electron chi connectivity index (χ4n) is 4.20. The summed E-state index contributed by atoms with van der Waals surface area (Å²) in [6, 6.07) is 14.1. The minimum atomic E-state index is 0.527. The van der Waals surface area contributed by atoms with Gasteiger partial charge in [0.15, 0.2) is 5.65 Å². The zero-order valence-corrected chi connectivity index (χ0v) is 18.3. The van der Waals surface area contributed by atoms with Crippen molar-refractivity contribution in [3.05, 3.63) is 54.9 Å². The first-order chi connectivity index (χ1) is 15.0. The van der Waals surface area contributed by atoms with Crippen LogP contribution in [0.5, 0.6) is 0 Å². The van der Waals surface area contributed by atoms with Crippen LogP contribution in [-0.2, 0) is 0 Å². The SMILES string of the molecule is CN1CCN(c2cccc(-c3c(N)ccc(S)c3-c3cnn4c(N)ccnc34)c2)CC1. The van der Waals surface area contributed by atoms with E-state index in [0.29, 0.717) is 17.2 Å². The minimum Gasteiger partial charge on any atom is -0.398 e. The third-order valence-corrected chi connectivity index (χ3v) is 6.29. The Bertz CT molecular complexity index is 1260. The van der Waals surface area contributed by atoms with Crippen molar-refractivity contribution in [2.24, 2.45) is 0 Å². The average molecular weight is 432 g/mol. The van der Waals surface area contributed by atoms with Gasteiger partial charge in [-0.1, -0.05) is 12.1 Å². The Morgan fingerprint density at radius 1 is 0.968 bits per heavy atom. The Balaban J connectivity index is 1.67. The average Bonchev–Trinajstić information content (AvgIpc) is 3.21. The number of aromatic nitrogens is 3. The summed E-state index contributed by atoms with van der Waals surface area (Å²) >= 11 is 4.77. The van der Waals surface area contributed by atoms with Crippen molar-refractivity contribution < 1.29 is 0 Å². The molecule has 8 heteroatoms. The smallest absolute Gasteiger partial charge is 0.165 e. The maximum absolute atomic E-state index is 6.52. The second-order valence-electron chi connectivity index (χ2n) is 7.93. The molecule has 158 valence electrons. The highest BCUT2D eigenvalue weighted by molar-refractivity contribution is 7.80. The van der Waals surface area contributed by atoms with Gasteiger partial charge >= 0.3 is 0 Å². The quantitative estimate of drug-likeness (QED) is 0.341. The molecule has 0 bridgehead atoms. The van der Waals surface area contributed by atoms with Crippen LogP contribution >= 0.6 is 12.6 Å². The minimum absolute atomic E-state index is 0.527. The molecule has 0 amide bonds. The van der Waals surface area contributed by atoms with Crippen molar-refractivity contribution >= 4 is 35.5 Å². The summed E-state index contributed by atoms with van der Waals surface area (Å²) in [5.41, 5.74) is 18.9. The molecule has 2 aromatic carbocycles. The lowest BCUT2D eigenvalue weighted by Crippen LogP contribution is -2.44. The third-order valence-electron chi connectivity index (χ3n) is 5.92. The fraction of sp³-hybridized carbons (Fsp3) is 0.217. The van der Waals surface area contributed by atoms with Gasteiger partial charge < -0.3 is 21.3 Å². The molecule has 5 rings (SSSR count). The topological polar surface area (TPSA) is 88.7 Å². The standard InChI is InChI=1S/C23H25N7S/c1-28-9-11-29(12-10-28)16-4-2-3-15(13-16)21-18(24)5-6-19(31)22(21)17-14-27-30-20(25)7-8-26-23(17)30/h2-8,13-14,31H,9-12,24-25H2,1H3. The van der Waals surface area contributed by atoms with Crippen LogP contribution in [0.15, 0.2) is 59.8 Å². The van der Waals surface area contributed by atoms with E-state index in [4.69, 9.17) is 24.1 Å². The number of nitrogens with two attached hydrogens (primary N) is 2. The second kappa shape index (κ2) is 7.79. The molecule has 0 saturated carbocycles. The van der Waals surface area contributed by atoms with E-state index in [1.165, 1.54) is 5.69 Å². The molecule has 0 spiro atoms. The number of piperazine rings is 1. The molecule has 3 heterocycles. The molecule has 0 atom stereocenters. The van der Waals surface area contributed by atoms with Gasteiger partial charge in [0.25, 0.3) is 0 Å². The van der Waals surface area contributed by atoms with E-state index in [0.717, 1.165) is 53.3 Å². The monoisotopic (exact) mass is 431 g/mol. The number of benzene rings is 2. The van der Waals surface area contributed by atoms with E-state index >= 15 is 0 Å². The van der Waals surface area contributed by atoms with Crippen molar-refractivity contribution in [1.82, 2.24) is 19.5 Å². The first-order valence-electron chi connectivity index (χ1n) is 10.3. The molecule has 1 fully saturated rings. The molecule has 31 heavy (non-hydrogen) atoms. The molecule has 7 nitrogen and oxygen atoms in total. The van der Waals surface area contributed by atoms with Crippen LogP contribution in [0, 0.1) is 0 Å². The van der Waals surface area contributed by atoms with Crippen LogP contribution < -0.4 is 16.4 Å². The zero-order valence-electron chi connectivity index (χ0n) is 17.4. The number of anilines is 3. The van der Waals surface area contributed by atoms with Crippen LogP contribution in [0.3, 0.4) is 0 Å². The van der Waals surface area contributed by atoms with E-state index in [1.54, 1.807) is 23.0 Å². The Morgan fingerprint density at radius 3 is 2.58 bits per heavy atom. The fourth-order valence-corrected chi connectivity index (χ4v) is 4.51. The third kappa shape index (κ3) is 3.47. The van der Waals surface area contributed by atoms with Gasteiger partial charge in [0, 0.05) is 65.3 Å². The van der Waals surface area contributed by atoms with Gasteiger partial charge in [-0.15, -0.1) is 12.6 Å². The maximum atomic E-state index is 6.52. The van der Waals surface area contributed by atoms with Gasteiger partial charge in [-0.25, -0.2) is 4.98 Å². The van der Waals surface area contributed by atoms with Gasteiger partial charge in [0.05, 0.1) is 6.20 Å². The van der Waals surface area contributed by atoms with Crippen LogP contribution in [0.1, 0.15) is 0 Å². The van der Waals surface area contributed by atoms with Gasteiger partial charge in [0.2, 0.25) is 0 Å². The van der Waals surface area contributed by atoms with E-state index in [-0.39, 0.29) is 0 Å². The van der Waals surface area contributed by atoms with Crippen molar-refractivity contribution in [1.29, 1.82) is 0 Å². The molecule has 0 unspecified atom stereocenters. The maximum Gasteiger partial charge on any atom is 0.165 e. The lowest BCUT2D eigenvalue weighted by Gasteiger charge is -2.34. The zero-order chi connectivity index (χ0) is 21.5. The number of hydrogen-bond acceptors (Lipinski definition) is 7. The van der Waals surface area contributed by atoms with Gasteiger partial charge in [-0.05, 0) is 42.9 Å². The number of thiol groups is 1. The highest BCUT2D eigenvalue weighted by Crippen LogP contribution is 2.42. The number of likely N-dealkylation sites (N-methyl/N-ethyl adjacent to an activating group) is 1. The van der Waals surface area contributed by atoms with E-state index in [1.807, 2.05) is 12.1 Å². The molecule has 4 aromatic rings. The lowest BCUT2D eigenvalue weighted by molar-refractivity contribution is 0.313. The molecule has 1 saturated heterocycles. The summed E-state index contributed by atoms with van der Waals surface area (Å²) in [6.45, 7) is 4.12. The molecular weight excluding hydrogens is 406 g/mol. The van der Waals surface area contributed by atoms with E-state index < -0.39 is 0 Å². The van der Waals surface area contributed by atoms with Gasteiger partial charge in [-0.3, -0.25) is 0 Å². The molecular formula is C23H25N7S. The summed E-state index contributed by atoms with van der Waals surface area (Å²) in [7, 11) is 2.16. The van der Waals surface area contributed by atoms with Crippen molar-refractivity contribution in [3.63, 3.8) is 0 Å². The molecule has 1 aliphatic rings. The summed E-state index contributed by atoms with van der Waals surface area (Å²) < 4.78 is 1.64. The molecule has 1 aliphatic heterocycles. The molecule has 2 aromatic heterocycles. The molecule has 4 N–H and O–H groups in total. The Hall–Kier alpha value is -3.23. The van der Waals surface area contributed by atoms with Crippen LogP contribution in [0.25, 0.3) is 27.9 Å². The lowest BCUT2D eigenvalue weighted by atomic mass is 9.93. The summed E-state index contributed by atoms with van der Waals surface area (Å²) in [5.74, 6) is 0.527. The van der Waals surface area contributed by atoms with E-state index in [2.05, 4.69) is 51.2 Å².